The van der Waals surface area contributed by atoms with Crippen molar-refractivity contribution in [3.8, 4) is 11.1 Å². The van der Waals surface area contributed by atoms with Gasteiger partial charge in [0.1, 0.15) is 6.04 Å². The maximum Gasteiger partial charge on any atom is 0.326 e. The van der Waals surface area contributed by atoms with E-state index in [2.05, 4.69) is 22.2 Å². The van der Waals surface area contributed by atoms with Crippen molar-refractivity contribution in [3.05, 3.63) is 54.6 Å². The van der Waals surface area contributed by atoms with Crippen molar-refractivity contribution < 1.29 is 9.53 Å². The largest absolute Gasteiger partial charge is 0.468 e. The fourth-order valence-corrected chi connectivity index (χ4v) is 1.86. The maximum atomic E-state index is 11.1. The van der Waals surface area contributed by atoms with E-state index < -0.39 is 12.0 Å². The summed E-state index contributed by atoms with van der Waals surface area (Å²) >= 11 is 0. The van der Waals surface area contributed by atoms with Crippen molar-refractivity contribution in [2.75, 3.05) is 19.0 Å². The number of methoxy groups -OCH3 is 1. The van der Waals surface area contributed by atoms with Gasteiger partial charge in [-0.25, -0.2) is 5.73 Å². The van der Waals surface area contributed by atoms with E-state index >= 15 is 0 Å². The summed E-state index contributed by atoms with van der Waals surface area (Å²) in [6.07, 6.45) is 0. The summed E-state index contributed by atoms with van der Waals surface area (Å²) in [4.78, 5) is 11.1. The molecule has 4 heteroatoms. The molecule has 2 aromatic carbocycles. The summed E-state index contributed by atoms with van der Waals surface area (Å²) in [6.45, 7) is 0.233. The second-order valence-corrected chi connectivity index (χ2v) is 4.40. The van der Waals surface area contributed by atoms with E-state index in [4.69, 9.17) is 5.73 Å². The van der Waals surface area contributed by atoms with Crippen LogP contribution in [0.4, 0.5) is 5.69 Å². The number of esters is 1. The molecule has 0 unspecified atom stereocenters. The second kappa shape index (κ2) is 6.73. The van der Waals surface area contributed by atoms with E-state index in [9.17, 15) is 4.79 Å². The van der Waals surface area contributed by atoms with Crippen LogP contribution in [-0.2, 0) is 9.53 Å². The van der Waals surface area contributed by atoms with Crippen LogP contribution in [0.5, 0.6) is 0 Å². The summed E-state index contributed by atoms with van der Waals surface area (Å²) < 4.78 is 4.51. The average Bonchev–Trinajstić information content (AvgIpc) is 2.53. The summed E-state index contributed by atoms with van der Waals surface area (Å²) in [5, 5.41) is 3.05. The Morgan fingerprint density at radius 1 is 1.10 bits per heavy atom. The van der Waals surface area contributed by atoms with E-state index in [0.29, 0.717) is 0 Å². The van der Waals surface area contributed by atoms with Crippen LogP contribution < -0.4 is 11.1 Å². The summed E-state index contributed by atoms with van der Waals surface area (Å²) in [5.41, 5.74) is 10.7. The number of nitrogens with one attached hydrogen (secondary N) is 2. The Morgan fingerprint density at radius 3 is 2.30 bits per heavy atom. The normalized spacial score (nSPS) is 11.7. The topological polar surface area (TPSA) is 62.1 Å². The van der Waals surface area contributed by atoms with Gasteiger partial charge in [-0.15, -0.1) is 0 Å². The van der Waals surface area contributed by atoms with E-state index in [1.165, 1.54) is 7.11 Å². The highest BCUT2D eigenvalue weighted by Crippen LogP contribution is 2.20. The highest BCUT2D eigenvalue weighted by Gasteiger charge is 2.13. The minimum Gasteiger partial charge on any atom is -0.468 e. The molecule has 0 amide bonds. The predicted octanol–water partition coefficient (Wildman–Crippen LogP) is 2.59. The first-order valence-corrected chi connectivity index (χ1v) is 6.39. The number of carbonyl (C=O) groups excluding carboxylic acids is 1. The molecular weight excluding hydrogens is 252 g/mol. The smallest absolute Gasteiger partial charge is 0.326 e. The molecule has 1 radical (unpaired) electrons. The van der Waals surface area contributed by atoms with Crippen LogP contribution in [-0.4, -0.2) is 25.7 Å². The lowest BCUT2D eigenvalue weighted by Gasteiger charge is -2.11. The number of benzene rings is 2. The molecule has 20 heavy (non-hydrogen) atoms. The highest BCUT2D eigenvalue weighted by molar-refractivity contribution is 5.76. The second-order valence-electron chi connectivity index (χ2n) is 4.40. The first-order valence-electron chi connectivity index (χ1n) is 6.39. The third kappa shape index (κ3) is 3.59. The Morgan fingerprint density at radius 2 is 1.70 bits per heavy atom. The minimum atomic E-state index is -0.909. The van der Waals surface area contributed by atoms with E-state index in [0.717, 1.165) is 16.8 Å². The van der Waals surface area contributed by atoms with Gasteiger partial charge in [0.15, 0.2) is 0 Å². The molecule has 2 N–H and O–H groups in total. The van der Waals surface area contributed by atoms with Crippen molar-refractivity contribution in [2.45, 2.75) is 6.04 Å². The van der Waals surface area contributed by atoms with Crippen molar-refractivity contribution in [2.24, 2.45) is 0 Å². The quantitative estimate of drug-likeness (QED) is 0.849. The fraction of sp³-hybridized carbons (Fsp3) is 0.188. The standard InChI is InChI=1S/C16H17N2O2/c1-20-16(19)15(17)11-18-14-9-7-13(8-10-14)12-5-3-2-4-6-12/h2-10,15,17-18H,11H2,1H3/t15-/m0/s1. The molecule has 103 valence electrons. The van der Waals surface area contributed by atoms with Crippen LogP contribution in [0, 0.1) is 0 Å². The lowest BCUT2D eigenvalue weighted by atomic mass is 10.1. The third-order valence-corrected chi connectivity index (χ3v) is 2.99. The molecule has 2 rings (SSSR count). The number of hydrogen-bond acceptors (Lipinski definition) is 3. The van der Waals surface area contributed by atoms with Crippen LogP contribution in [0.1, 0.15) is 0 Å². The van der Waals surface area contributed by atoms with Gasteiger partial charge >= 0.3 is 5.97 Å². The minimum absolute atomic E-state index is 0.233. The zero-order chi connectivity index (χ0) is 14.4. The van der Waals surface area contributed by atoms with Gasteiger partial charge in [0.2, 0.25) is 0 Å². The van der Waals surface area contributed by atoms with E-state index in [-0.39, 0.29) is 6.54 Å². The molecule has 0 aromatic heterocycles. The lowest BCUT2D eigenvalue weighted by molar-refractivity contribution is -0.141. The number of carbonyl (C=O) groups is 1. The first kappa shape index (κ1) is 14.1. The number of ether oxygens (including phenoxy) is 1. The molecule has 1 atom stereocenters. The molecule has 0 aliphatic carbocycles. The molecule has 0 spiro atoms. The van der Waals surface area contributed by atoms with Gasteiger partial charge in [-0.1, -0.05) is 42.5 Å². The van der Waals surface area contributed by atoms with Crippen LogP contribution in [0.2, 0.25) is 0 Å². The zero-order valence-corrected chi connectivity index (χ0v) is 11.3. The van der Waals surface area contributed by atoms with Gasteiger partial charge in [-0.2, -0.15) is 0 Å². The number of anilines is 1. The van der Waals surface area contributed by atoms with Gasteiger partial charge < -0.3 is 10.1 Å². The number of rotatable bonds is 5. The Balaban J connectivity index is 1.97. The Hall–Kier alpha value is -2.33. The van der Waals surface area contributed by atoms with Gasteiger partial charge in [-0.05, 0) is 23.3 Å². The van der Waals surface area contributed by atoms with Gasteiger partial charge in [0.05, 0.1) is 7.11 Å². The van der Waals surface area contributed by atoms with Crippen molar-refractivity contribution in [1.29, 1.82) is 0 Å². The molecule has 0 saturated heterocycles. The van der Waals surface area contributed by atoms with Crippen LogP contribution in [0.25, 0.3) is 11.1 Å². The molecule has 0 bridgehead atoms. The Bertz CT molecular complexity index is 552. The van der Waals surface area contributed by atoms with Crippen LogP contribution in [0.15, 0.2) is 54.6 Å². The summed E-state index contributed by atoms with van der Waals surface area (Å²) in [6, 6.07) is 17.1. The molecular formula is C16H17N2O2. The maximum absolute atomic E-state index is 11.1. The number of hydrogen-bond donors (Lipinski definition) is 1. The van der Waals surface area contributed by atoms with E-state index in [1.807, 2.05) is 42.5 Å². The lowest BCUT2D eigenvalue weighted by Crippen LogP contribution is -2.31. The fourth-order valence-electron chi connectivity index (χ4n) is 1.86. The Kier molecular flexibility index (Phi) is 4.74. The SMILES string of the molecule is COC(=O)[C@@H]([NH])CNc1ccc(-c2ccccc2)cc1. The van der Waals surface area contributed by atoms with Gasteiger partial charge in [0.25, 0.3) is 0 Å². The van der Waals surface area contributed by atoms with Crippen molar-refractivity contribution >= 4 is 11.7 Å². The molecule has 0 heterocycles. The molecule has 0 aliphatic rings. The zero-order valence-electron chi connectivity index (χ0n) is 11.3. The first-order chi connectivity index (χ1) is 9.70. The molecule has 2 aromatic rings. The van der Waals surface area contributed by atoms with Crippen LogP contribution >= 0.6 is 0 Å². The third-order valence-electron chi connectivity index (χ3n) is 2.99. The molecule has 4 nitrogen and oxygen atoms in total. The Labute approximate surface area is 118 Å². The van der Waals surface area contributed by atoms with E-state index in [1.54, 1.807) is 0 Å². The summed E-state index contributed by atoms with van der Waals surface area (Å²) in [5.74, 6) is -0.529. The molecule has 0 saturated carbocycles. The van der Waals surface area contributed by atoms with Crippen LogP contribution in [0.3, 0.4) is 0 Å². The van der Waals surface area contributed by atoms with Crippen molar-refractivity contribution in [1.82, 2.24) is 5.73 Å². The highest BCUT2D eigenvalue weighted by atomic mass is 16.5. The average molecular weight is 269 g/mol. The van der Waals surface area contributed by atoms with Gasteiger partial charge in [0, 0.05) is 12.2 Å². The molecule has 0 fully saturated rings. The predicted molar refractivity (Wildman–Crippen MR) is 79.3 cm³/mol. The molecule has 0 aliphatic heterocycles. The monoisotopic (exact) mass is 269 g/mol. The summed E-state index contributed by atoms with van der Waals surface area (Å²) in [7, 11) is 1.29. The van der Waals surface area contributed by atoms with Gasteiger partial charge in [-0.3, -0.25) is 4.79 Å². The van der Waals surface area contributed by atoms with Crippen molar-refractivity contribution in [3.63, 3.8) is 0 Å².